The largest absolute Gasteiger partial charge is 0.366 e. The first-order valence-corrected chi connectivity index (χ1v) is 6.35. The molecule has 1 unspecified atom stereocenters. The molecule has 0 saturated heterocycles. The molecule has 2 heteroatoms. The van der Waals surface area contributed by atoms with Gasteiger partial charge in [-0.2, -0.15) is 0 Å². The maximum Gasteiger partial charge on any atom is 0.188 e. The van der Waals surface area contributed by atoms with Crippen LogP contribution in [-0.2, 0) is 9.53 Å². The highest BCUT2D eigenvalue weighted by molar-refractivity contribution is 5.96. The molecule has 1 rings (SSSR count). The van der Waals surface area contributed by atoms with Gasteiger partial charge in [-0.25, -0.2) is 0 Å². The molecule has 1 aliphatic carbocycles. The zero-order valence-electron chi connectivity index (χ0n) is 10.2. The Labute approximate surface area is 98.4 Å². The second-order valence-corrected chi connectivity index (χ2v) is 4.21. The number of unbranched alkanes of at least 4 members (excludes halogenated alkanes) is 5. The third kappa shape index (κ3) is 5.26. The Kier molecular flexibility index (Phi) is 6.82. The number of carbonyl (C=O) groups is 1. The SMILES string of the molecule is CCCCCCCCOC1C=CC=CC1=O. The van der Waals surface area contributed by atoms with E-state index in [0.29, 0.717) is 6.61 Å². The molecule has 0 aromatic rings. The third-order valence-electron chi connectivity index (χ3n) is 2.73. The van der Waals surface area contributed by atoms with Crippen LogP contribution in [0.5, 0.6) is 0 Å². The van der Waals surface area contributed by atoms with Crippen LogP contribution in [0.1, 0.15) is 45.4 Å². The monoisotopic (exact) mass is 222 g/mol. The Morgan fingerprint density at radius 2 is 1.88 bits per heavy atom. The second kappa shape index (κ2) is 8.28. The lowest BCUT2D eigenvalue weighted by Crippen LogP contribution is -2.22. The molecule has 0 spiro atoms. The van der Waals surface area contributed by atoms with Crippen molar-refractivity contribution in [2.75, 3.05) is 6.61 Å². The fraction of sp³-hybridized carbons (Fsp3) is 0.643. The minimum Gasteiger partial charge on any atom is -0.366 e. The highest BCUT2D eigenvalue weighted by Gasteiger charge is 2.14. The van der Waals surface area contributed by atoms with Crippen molar-refractivity contribution in [1.29, 1.82) is 0 Å². The Morgan fingerprint density at radius 1 is 1.12 bits per heavy atom. The van der Waals surface area contributed by atoms with Crippen molar-refractivity contribution in [3.8, 4) is 0 Å². The maximum absolute atomic E-state index is 11.3. The predicted molar refractivity (Wildman–Crippen MR) is 66.4 cm³/mol. The normalized spacial score (nSPS) is 19.3. The number of rotatable bonds is 8. The topological polar surface area (TPSA) is 26.3 Å². The quantitative estimate of drug-likeness (QED) is 0.588. The van der Waals surface area contributed by atoms with Crippen molar-refractivity contribution >= 4 is 5.78 Å². The first kappa shape index (κ1) is 13.2. The molecule has 0 saturated carbocycles. The summed E-state index contributed by atoms with van der Waals surface area (Å²) >= 11 is 0. The summed E-state index contributed by atoms with van der Waals surface area (Å²) in [5.41, 5.74) is 0. The number of hydrogen-bond acceptors (Lipinski definition) is 2. The van der Waals surface area contributed by atoms with Crippen LogP contribution in [-0.4, -0.2) is 18.5 Å². The van der Waals surface area contributed by atoms with Crippen molar-refractivity contribution in [2.24, 2.45) is 0 Å². The zero-order valence-corrected chi connectivity index (χ0v) is 10.2. The highest BCUT2D eigenvalue weighted by atomic mass is 16.5. The minimum atomic E-state index is -0.333. The van der Waals surface area contributed by atoms with E-state index in [2.05, 4.69) is 6.92 Å². The van der Waals surface area contributed by atoms with Crippen LogP contribution in [0.2, 0.25) is 0 Å². The van der Waals surface area contributed by atoms with Crippen molar-refractivity contribution < 1.29 is 9.53 Å². The summed E-state index contributed by atoms with van der Waals surface area (Å²) in [6, 6.07) is 0. The number of ether oxygens (including phenoxy) is 1. The Bertz CT molecular complexity index is 253. The summed E-state index contributed by atoms with van der Waals surface area (Å²) < 4.78 is 5.51. The fourth-order valence-corrected chi connectivity index (χ4v) is 1.74. The summed E-state index contributed by atoms with van der Waals surface area (Å²) in [6.07, 6.45) is 14.2. The summed E-state index contributed by atoms with van der Waals surface area (Å²) in [6.45, 7) is 2.92. The molecule has 0 bridgehead atoms. The van der Waals surface area contributed by atoms with E-state index in [0.717, 1.165) is 6.42 Å². The van der Waals surface area contributed by atoms with E-state index in [9.17, 15) is 4.79 Å². The van der Waals surface area contributed by atoms with Gasteiger partial charge in [-0.05, 0) is 18.6 Å². The number of carbonyl (C=O) groups excluding carboxylic acids is 1. The molecule has 0 aromatic heterocycles. The van der Waals surface area contributed by atoms with Gasteiger partial charge in [-0.3, -0.25) is 4.79 Å². The molecule has 0 amide bonds. The first-order chi connectivity index (χ1) is 7.84. The molecule has 0 heterocycles. The van der Waals surface area contributed by atoms with Crippen LogP contribution in [0.3, 0.4) is 0 Å². The van der Waals surface area contributed by atoms with Crippen molar-refractivity contribution in [3.63, 3.8) is 0 Å². The minimum absolute atomic E-state index is 0.0634. The molecule has 0 N–H and O–H groups in total. The molecule has 0 aliphatic heterocycles. The summed E-state index contributed by atoms with van der Waals surface area (Å²) in [4.78, 5) is 11.3. The third-order valence-corrected chi connectivity index (χ3v) is 2.73. The van der Waals surface area contributed by atoms with Crippen LogP contribution >= 0.6 is 0 Å². The molecule has 0 radical (unpaired) electrons. The summed E-state index contributed by atoms with van der Waals surface area (Å²) in [5.74, 6) is 0.0634. The van der Waals surface area contributed by atoms with Crippen LogP contribution in [0.15, 0.2) is 24.3 Å². The van der Waals surface area contributed by atoms with Crippen LogP contribution < -0.4 is 0 Å². The van der Waals surface area contributed by atoms with Crippen molar-refractivity contribution in [3.05, 3.63) is 24.3 Å². The average Bonchev–Trinajstić information content (AvgIpc) is 2.30. The summed E-state index contributed by atoms with van der Waals surface area (Å²) in [5, 5.41) is 0. The van der Waals surface area contributed by atoms with Gasteiger partial charge in [0.1, 0.15) is 6.10 Å². The van der Waals surface area contributed by atoms with Crippen LogP contribution in [0.25, 0.3) is 0 Å². The molecular weight excluding hydrogens is 200 g/mol. The lowest BCUT2D eigenvalue weighted by Gasteiger charge is -2.12. The molecule has 1 aliphatic rings. The van der Waals surface area contributed by atoms with Gasteiger partial charge in [-0.15, -0.1) is 0 Å². The molecule has 90 valence electrons. The second-order valence-electron chi connectivity index (χ2n) is 4.21. The fourth-order valence-electron chi connectivity index (χ4n) is 1.74. The lowest BCUT2D eigenvalue weighted by atomic mass is 10.1. The predicted octanol–water partition coefficient (Wildman–Crippen LogP) is 3.43. The van der Waals surface area contributed by atoms with Gasteiger partial charge in [0.25, 0.3) is 0 Å². The number of ketones is 1. The van der Waals surface area contributed by atoms with Gasteiger partial charge >= 0.3 is 0 Å². The molecule has 16 heavy (non-hydrogen) atoms. The molecule has 1 atom stereocenters. The van der Waals surface area contributed by atoms with E-state index in [1.165, 1.54) is 32.1 Å². The molecule has 2 nitrogen and oxygen atoms in total. The number of allylic oxidation sites excluding steroid dienone is 2. The van der Waals surface area contributed by atoms with Gasteiger partial charge in [0.15, 0.2) is 5.78 Å². The van der Waals surface area contributed by atoms with Gasteiger partial charge < -0.3 is 4.74 Å². The Hall–Kier alpha value is -0.890. The van der Waals surface area contributed by atoms with Gasteiger partial charge in [0, 0.05) is 6.61 Å². The van der Waals surface area contributed by atoms with E-state index >= 15 is 0 Å². The molecule has 0 fully saturated rings. The standard InChI is InChI=1S/C14H22O2/c1-2-3-4-5-6-9-12-16-14-11-8-7-10-13(14)15/h7-8,10-11,14H,2-6,9,12H2,1H3. The van der Waals surface area contributed by atoms with Crippen LogP contribution in [0, 0.1) is 0 Å². The van der Waals surface area contributed by atoms with Crippen molar-refractivity contribution in [1.82, 2.24) is 0 Å². The van der Waals surface area contributed by atoms with Crippen LogP contribution in [0.4, 0.5) is 0 Å². The smallest absolute Gasteiger partial charge is 0.188 e. The molecular formula is C14H22O2. The maximum atomic E-state index is 11.3. The van der Waals surface area contributed by atoms with E-state index in [4.69, 9.17) is 4.74 Å². The average molecular weight is 222 g/mol. The number of hydrogen-bond donors (Lipinski definition) is 0. The summed E-state index contributed by atoms with van der Waals surface area (Å²) in [7, 11) is 0. The molecule has 0 aromatic carbocycles. The van der Waals surface area contributed by atoms with Gasteiger partial charge in [0.2, 0.25) is 0 Å². The van der Waals surface area contributed by atoms with Crippen molar-refractivity contribution in [2.45, 2.75) is 51.6 Å². The Morgan fingerprint density at radius 3 is 2.62 bits per heavy atom. The first-order valence-electron chi connectivity index (χ1n) is 6.35. The van der Waals surface area contributed by atoms with Gasteiger partial charge in [0.05, 0.1) is 0 Å². The van der Waals surface area contributed by atoms with E-state index < -0.39 is 0 Å². The highest BCUT2D eigenvalue weighted by Crippen LogP contribution is 2.08. The van der Waals surface area contributed by atoms with E-state index in [1.807, 2.05) is 12.2 Å². The lowest BCUT2D eigenvalue weighted by molar-refractivity contribution is -0.123. The van der Waals surface area contributed by atoms with E-state index in [-0.39, 0.29) is 11.9 Å². The van der Waals surface area contributed by atoms with E-state index in [1.54, 1.807) is 12.2 Å². The van der Waals surface area contributed by atoms with Gasteiger partial charge in [-0.1, -0.05) is 51.2 Å². The Balaban J connectivity index is 1.97. The zero-order chi connectivity index (χ0) is 11.6.